The third-order valence-corrected chi connectivity index (χ3v) is 2.72. The molecule has 106 valence electrons. The monoisotopic (exact) mass is 285 g/mol. The minimum Gasteiger partial charge on any atom is -0.368 e. The summed E-state index contributed by atoms with van der Waals surface area (Å²) in [6.07, 6.45) is 3.26. The standard InChI is InChI=1S/C13H12FN7/c1-8-3-4-9(14)10(7-8)17-12-18-11(15)19-13(20-12)21-6-2-5-16-21/h2-7H,1H3,(H3,15,17,18,19,20). The second-order valence-electron chi connectivity index (χ2n) is 4.38. The highest BCUT2D eigenvalue weighted by Gasteiger charge is 2.09. The molecule has 0 spiro atoms. The Kier molecular flexibility index (Phi) is 3.19. The van der Waals surface area contributed by atoms with Gasteiger partial charge in [-0.25, -0.2) is 9.07 Å². The van der Waals surface area contributed by atoms with Gasteiger partial charge in [-0.3, -0.25) is 0 Å². The van der Waals surface area contributed by atoms with Crippen molar-refractivity contribution >= 4 is 17.6 Å². The van der Waals surface area contributed by atoms with Gasteiger partial charge in [0.1, 0.15) is 5.82 Å². The molecule has 3 aromatic rings. The number of nitrogen functional groups attached to an aromatic ring is 1. The summed E-state index contributed by atoms with van der Waals surface area (Å²) in [5, 5.41) is 6.81. The quantitative estimate of drug-likeness (QED) is 0.762. The van der Waals surface area contributed by atoms with Crippen LogP contribution in [0.5, 0.6) is 0 Å². The predicted molar refractivity (Wildman–Crippen MR) is 75.8 cm³/mol. The Morgan fingerprint density at radius 3 is 2.86 bits per heavy atom. The molecule has 0 saturated carbocycles. The molecule has 0 aliphatic rings. The normalized spacial score (nSPS) is 10.6. The van der Waals surface area contributed by atoms with E-state index in [4.69, 9.17) is 5.73 Å². The topological polar surface area (TPSA) is 94.5 Å². The highest BCUT2D eigenvalue weighted by molar-refractivity contribution is 5.56. The van der Waals surface area contributed by atoms with Crippen LogP contribution in [0.2, 0.25) is 0 Å². The fourth-order valence-corrected chi connectivity index (χ4v) is 1.78. The van der Waals surface area contributed by atoms with Crippen LogP contribution >= 0.6 is 0 Å². The minimum absolute atomic E-state index is 0.0195. The molecule has 0 radical (unpaired) electrons. The van der Waals surface area contributed by atoms with Crippen molar-refractivity contribution in [2.75, 3.05) is 11.1 Å². The number of nitrogens with zero attached hydrogens (tertiary/aromatic N) is 5. The molecule has 7 nitrogen and oxygen atoms in total. The number of nitrogens with one attached hydrogen (secondary N) is 1. The van der Waals surface area contributed by atoms with Crippen molar-refractivity contribution in [2.24, 2.45) is 0 Å². The summed E-state index contributed by atoms with van der Waals surface area (Å²) in [6, 6.07) is 6.43. The number of hydrogen-bond acceptors (Lipinski definition) is 6. The maximum atomic E-state index is 13.7. The van der Waals surface area contributed by atoms with Crippen molar-refractivity contribution in [1.29, 1.82) is 0 Å². The second kappa shape index (κ2) is 5.16. The van der Waals surface area contributed by atoms with Crippen molar-refractivity contribution in [3.8, 4) is 5.95 Å². The van der Waals surface area contributed by atoms with E-state index in [1.165, 1.54) is 10.7 Å². The Labute approximate surface area is 119 Å². The third-order valence-electron chi connectivity index (χ3n) is 2.72. The summed E-state index contributed by atoms with van der Waals surface area (Å²) in [7, 11) is 0. The van der Waals surface area contributed by atoms with Gasteiger partial charge >= 0.3 is 0 Å². The fourth-order valence-electron chi connectivity index (χ4n) is 1.78. The minimum atomic E-state index is -0.403. The lowest BCUT2D eigenvalue weighted by Crippen LogP contribution is -2.10. The lowest BCUT2D eigenvalue weighted by atomic mass is 10.2. The lowest BCUT2D eigenvalue weighted by molar-refractivity contribution is 0.631. The molecule has 0 bridgehead atoms. The summed E-state index contributed by atoms with van der Waals surface area (Å²) < 4.78 is 15.2. The van der Waals surface area contributed by atoms with Crippen LogP contribution in [0, 0.1) is 12.7 Å². The van der Waals surface area contributed by atoms with Crippen LogP contribution in [-0.2, 0) is 0 Å². The first-order valence-electron chi connectivity index (χ1n) is 6.16. The molecule has 2 heterocycles. The van der Waals surface area contributed by atoms with Gasteiger partial charge in [0, 0.05) is 12.4 Å². The third kappa shape index (κ3) is 2.78. The molecule has 21 heavy (non-hydrogen) atoms. The van der Waals surface area contributed by atoms with Crippen LogP contribution in [0.1, 0.15) is 5.56 Å². The molecule has 0 aliphatic carbocycles. The Bertz CT molecular complexity index is 770. The number of benzene rings is 1. The van der Waals surface area contributed by atoms with Crippen LogP contribution < -0.4 is 11.1 Å². The number of hydrogen-bond donors (Lipinski definition) is 2. The van der Waals surface area contributed by atoms with E-state index >= 15 is 0 Å². The van der Waals surface area contributed by atoms with Crippen molar-refractivity contribution < 1.29 is 4.39 Å². The summed E-state index contributed by atoms with van der Waals surface area (Å²) >= 11 is 0. The first kappa shape index (κ1) is 13.0. The van der Waals surface area contributed by atoms with Gasteiger partial charge in [-0.15, -0.1) is 0 Å². The molecule has 3 N–H and O–H groups in total. The van der Waals surface area contributed by atoms with E-state index in [0.717, 1.165) is 5.56 Å². The number of anilines is 3. The summed E-state index contributed by atoms with van der Waals surface area (Å²) in [5.74, 6) is 0.0202. The predicted octanol–water partition coefficient (Wildman–Crippen LogP) is 1.83. The van der Waals surface area contributed by atoms with Gasteiger partial charge in [-0.2, -0.15) is 20.1 Å². The zero-order valence-corrected chi connectivity index (χ0v) is 11.2. The molecule has 1 aromatic carbocycles. The summed E-state index contributed by atoms with van der Waals surface area (Å²) in [6.45, 7) is 1.86. The highest BCUT2D eigenvalue weighted by atomic mass is 19.1. The molecule has 2 aromatic heterocycles. The molecule has 0 amide bonds. The first-order valence-corrected chi connectivity index (χ1v) is 6.16. The van der Waals surface area contributed by atoms with Crippen LogP contribution in [0.25, 0.3) is 5.95 Å². The first-order chi connectivity index (χ1) is 10.1. The molecule has 0 saturated heterocycles. The Hall–Kier alpha value is -3.03. The smallest absolute Gasteiger partial charge is 0.257 e. The van der Waals surface area contributed by atoms with Crippen molar-refractivity contribution in [3.63, 3.8) is 0 Å². The van der Waals surface area contributed by atoms with Gasteiger partial charge in [0.15, 0.2) is 0 Å². The molecular formula is C13H12FN7. The van der Waals surface area contributed by atoms with Crippen molar-refractivity contribution in [3.05, 3.63) is 48.0 Å². The average Bonchev–Trinajstić information content (AvgIpc) is 2.96. The largest absolute Gasteiger partial charge is 0.368 e. The Morgan fingerprint density at radius 2 is 2.10 bits per heavy atom. The summed E-state index contributed by atoms with van der Waals surface area (Å²) in [4.78, 5) is 12.1. The van der Waals surface area contributed by atoms with Crippen LogP contribution in [-0.4, -0.2) is 24.7 Å². The van der Waals surface area contributed by atoms with Gasteiger partial charge in [-0.1, -0.05) is 6.07 Å². The lowest BCUT2D eigenvalue weighted by Gasteiger charge is -2.08. The number of rotatable bonds is 3. The van der Waals surface area contributed by atoms with E-state index in [1.807, 2.05) is 6.92 Å². The zero-order valence-electron chi connectivity index (χ0n) is 11.2. The van der Waals surface area contributed by atoms with E-state index in [2.05, 4.69) is 25.4 Å². The Balaban J connectivity index is 1.97. The Morgan fingerprint density at radius 1 is 1.24 bits per heavy atom. The van der Waals surface area contributed by atoms with E-state index in [-0.39, 0.29) is 23.5 Å². The van der Waals surface area contributed by atoms with Gasteiger partial charge in [-0.05, 0) is 30.7 Å². The fraction of sp³-hybridized carbons (Fsp3) is 0.0769. The molecule has 0 fully saturated rings. The van der Waals surface area contributed by atoms with Gasteiger partial charge in [0.05, 0.1) is 5.69 Å². The number of aryl methyl sites for hydroxylation is 1. The maximum Gasteiger partial charge on any atom is 0.257 e. The van der Waals surface area contributed by atoms with Gasteiger partial charge in [0.2, 0.25) is 11.9 Å². The molecule has 0 aliphatic heterocycles. The van der Waals surface area contributed by atoms with Gasteiger partial charge in [0.25, 0.3) is 5.95 Å². The highest BCUT2D eigenvalue weighted by Crippen LogP contribution is 2.19. The van der Waals surface area contributed by atoms with Crippen LogP contribution in [0.15, 0.2) is 36.7 Å². The van der Waals surface area contributed by atoms with Gasteiger partial charge < -0.3 is 11.1 Å². The van der Waals surface area contributed by atoms with E-state index in [0.29, 0.717) is 0 Å². The van der Waals surface area contributed by atoms with Crippen LogP contribution in [0.3, 0.4) is 0 Å². The number of nitrogens with two attached hydrogens (primary N) is 1. The zero-order chi connectivity index (χ0) is 14.8. The molecule has 0 unspecified atom stereocenters. The molecule has 8 heteroatoms. The van der Waals surface area contributed by atoms with Crippen molar-refractivity contribution in [1.82, 2.24) is 24.7 Å². The maximum absolute atomic E-state index is 13.7. The van der Waals surface area contributed by atoms with E-state index in [9.17, 15) is 4.39 Å². The number of halogens is 1. The van der Waals surface area contributed by atoms with E-state index in [1.54, 1.807) is 30.6 Å². The summed E-state index contributed by atoms with van der Waals surface area (Å²) in [5.41, 5.74) is 6.83. The van der Waals surface area contributed by atoms with Crippen LogP contribution in [0.4, 0.5) is 22.0 Å². The average molecular weight is 285 g/mol. The molecule has 0 atom stereocenters. The molecular weight excluding hydrogens is 273 g/mol. The molecule has 3 rings (SSSR count). The SMILES string of the molecule is Cc1ccc(F)c(Nc2nc(N)nc(-n3cccn3)n2)c1. The van der Waals surface area contributed by atoms with E-state index < -0.39 is 5.82 Å². The number of aromatic nitrogens is 5. The second-order valence-corrected chi connectivity index (χ2v) is 4.38. The van der Waals surface area contributed by atoms with Crippen molar-refractivity contribution in [2.45, 2.75) is 6.92 Å².